The lowest BCUT2D eigenvalue weighted by Gasteiger charge is -2.22. The summed E-state index contributed by atoms with van der Waals surface area (Å²) in [5.41, 5.74) is 7.10. The van der Waals surface area contributed by atoms with E-state index < -0.39 is 0 Å². The molecule has 1 fully saturated rings. The maximum atomic E-state index is 13.4. The molecule has 2 N–H and O–H groups in total. The first-order valence-electron chi connectivity index (χ1n) is 10.6. The first-order chi connectivity index (χ1) is 15.6. The summed E-state index contributed by atoms with van der Waals surface area (Å²) in [5, 5.41) is 0. The Morgan fingerprint density at radius 3 is 2.31 bits per heavy atom. The number of hydrogen-bond acceptors (Lipinski definition) is 7. The topological polar surface area (TPSA) is 92.5 Å². The number of carbonyl (C=O) groups is 1. The zero-order valence-electron chi connectivity index (χ0n) is 19.2. The highest BCUT2D eigenvalue weighted by Crippen LogP contribution is 2.48. The van der Waals surface area contributed by atoms with E-state index >= 15 is 0 Å². The third-order valence-corrected chi connectivity index (χ3v) is 5.56. The lowest BCUT2D eigenvalue weighted by Crippen LogP contribution is -2.29. The quantitative estimate of drug-likeness (QED) is 0.602. The molecule has 8 heteroatoms. The second-order valence-electron chi connectivity index (χ2n) is 7.67. The van der Waals surface area contributed by atoms with Crippen molar-refractivity contribution in [3.8, 4) is 28.7 Å². The van der Waals surface area contributed by atoms with Gasteiger partial charge in [0.05, 0.1) is 33.5 Å². The van der Waals surface area contributed by atoms with Crippen LogP contribution in [0.2, 0.25) is 0 Å². The normalized spacial score (nSPS) is 15.5. The Labute approximate surface area is 189 Å². The van der Waals surface area contributed by atoms with Crippen molar-refractivity contribution in [2.24, 2.45) is 11.7 Å². The van der Waals surface area contributed by atoms with E-state index in [2.05, 4.69) is 0 Å². The Morgan fingerprint density at radius 2 is 1.72 bits per heavy atom. The molecule has 1 aliphatic heterocycles. The van der Waals surface area contributed by atoms with E-state index in [1.54, 1.807) is 18.1 Å². The molecule has 174 valence electrons. The molecular formula is C24H32N2O6. The third-order valence-electron chi connectivity index (χ3n) is 5.56. The number of likely N-dealkylation sites (tertiary alicyclic amines) is 1. The third kappa shape index (κ3) is 5.08. The van der Waals surface area contributed by atoms with Crippen LogP contribution in [0.15, 0.2) is 30.3 Å². The maximum absolute atomic E-state index is 13.4. The van der Waals surface area contributed by atoms with Crippen LogP contribution < -0.4 is 24.7 Å². The van der Waals surface area contributed by atoms with Gasteiger partial charge in [-0.2, -0.15) is 0 Å². The van der Waals surface area contributed by atoms with Gasteiger partial charge in [-0.1, -0.05) is 12.1 Å². The number of ether oxygens (including phenoxy) is 5. The van der Waals surface area contributed by atoms with Gasteiger partial charge in [0.25, 0.3) is 5.91 Å². The summed E-state index contributed by atoms with van der Waals surface area (Å²) >= 11 is 0. The number of methoxy groups -OCH3 is 4. The minimum absolute atomic E-state index is 0.149. The van der Waals surface area contributed by atoms with E-state index in [0.717, 1.165) is 18.4 Å². The zero-order chi connectivity index (χ0) is 23.1. The van der Waals surface area contributed by atoms with Crippen molar-refractivity contribution in [3.63, 3.8) is 0 Å². The Morgan fingerprint density at radius 1 is 1.03 bits per heavy atom. The average Bonchev–Trinajstić information content (AvgIpc) is 3.28. The molecule has 0 aliphatic carbocycles. The van der Waals surface area contributed by atoms with Gasteiger partial charge in [-0.05, 0) is 37.1 Å². The number of nitrogens with two attached hydrogens (primary N) is 1. The summed E-state index contributed by atoms with van der Waals surface area (Å²) in [7, 11) is 6.20. The van der Waals surface area contributed by atoms with Crippen LogP contribution in [0, 0.1) is 5.92 Å². The molecule has 0 spiro atoms. The van der Waals surface area contributed by atoms with Gasteiger partial charge in [0.2, 0.25) is 11.5 Å². The summed E-state index contributed by atoms with van der Waals surface area (Å²) in [6.45, 7) is 2.49. The summed E-state index contributed by atoms with van der Waals surface area (Å²) in [4.78, 5) is 15.2. The highest BCUT2D eigenvalue weighted by atomic mass is 16.5. The molecule has 32 heavy (non-hydrogen) atoms. The molecule has 0 saturated carbocycles. The zero-order valence-corrected chi connectivity index (χ0v) is 19.2. The Kier molecular flexibility index (Phi) is 8.19. The number of rotatable bonds is 10. The molecule has 2 aromatic carbocycles. The second kappa shape index (κ2) is 11.1. The van der Waals surface area contributed by atoms with Crippen LogP contribution in [-0.2, 0) is 11.2 Å². The summed E-state index contributed by atoms with van der Waals surface area (Å²) in [5.74, 6) is 2.12. The van der Waals surface area contributed by atoms with Crippen LogP contribution in [0.5, 0.6) is 28.7 Å². The van der Waals surface area contributed by atoms with Gasteiger partial charge in [-0.3, -0.25) is 4.79 Å². The van der Waals surface area contributed by atoms with Crippen molar-refractivity contribution >= 4 is 5.91 Å². The van der Waals surface area contributed by atoms with Crippen LogP contribution in [0.25, 0.3) is 0 Å². The molecule has 1 saturated heterocycles. The molecule has 3 rings (SSSR count). The summed E-state index contributed by atoms with van der Waals surface area (Å²) in [6.07, 6.45) is 1.69. The van der Waals surface area contributed by atoms with Crippen molar-refractivity contribution in [1.29, 1.82) is 0 Å². The largest absolute Gasteiger partial charge is 0.492 e. The minimum Gasteiger partial charge on any atom is -0.492 e. The fourth-order valence-electron chi connectivity index (χ4n) is 3.99. The molecule has 1 unspecified atom stereocenters. The number of amides is 1. The lowest BCUT2D eigenvalue weighted by atomic mass is 10.1. The van der Waals surface area contributed by atoms with Crippen molar-refractivity contribution < 1.29 is 28.5 Å². The molecule has 2 aromatic rings. The van der Waals surface area contributed by atoms with E-state index in [0.29, 0.717) is 66.5 Å². The SMILES string of the molecule is COCC1CCN(C(=O)c2cc(Oc3ccc(CCN)cc3)c(OC)c(OC)c2OC)C1. The standard InChI is InChI=1S/C24H32N2O6/c1-28-15-17-10-12-26(14-17)24(27)19-13-20(22(30-3)23(31-4)21(19)29-2)32-18-7-5-16(6-8-18)9-11-25/h5-8,13,17H,9-12,14-15,25H2,1-4H3. The Hall–Kier alpha value is -2.97. The molecule has 1 atom stereocenters. The van der Waals surface area contributed by atoms with Crippen LogP contribution in [-0.4, -0.2) is 65.5 Å². The molecular weight excluding hydrogens is 412 g/mol. The van der Waals surface area contributed by atoms with Crippen molar-refractivity contribution in [2.75, 3.05) is 54.7 Å². The van der Waals surface area contributed by atoms with Crippen LogP contribution in [0.1, 0.15) is 22.3 Å². The molecule has 0 bridgehead atoms. The molecule has 1 aliphatic rings. The van der Waals surface area contributed by atoms with E-state index in [4.69, 9.17) is 29.4 Å². The monoisotopic (exact) mass is 444 g/mol. The first kappa shape index (κ1) is 23.7. The molecule has 8 nitrogen and oxygen atoms in total. The van der Waals surface area contributed by atoms with Crippen LogP contribution >= 0.6 is 0 Å². The summed E-state index contributed by atoms with van der Waals surface area (Å²) < 4.78 is 28.1. The average molecular weight is 445 g/mol. The fraction of sp³-hybridized carbons (Fsp3) is 0.458. The van der Waals surface area contributed by atoms with Gasteiger partial charge < -0.3 is 34.3 Å². The van der Waals surface area contributed by atoms with Gasteiger partial charge in [0.15, 0.2) is 11.5 Å². The molecule has 1 heterocycles. The van der Waals surface area contributed by atoms with E-state index in [1.807, 2.05) is 24.3 Å². The van der Waals surface area contributed by atoms with Crippen molar-refractivity contribution in [2.45, 2.75) is 12.8 Å². The number of nitrogens with zero attached hydrogens (tertiary/aromatic N) is 1. The maximum Gasteiger partial charge on any atom is 0.257 e. The first-order valence-corrected chi connectivity index (χ1v) is 10.6. The van der Waals surface area contributed by atoms with Crippen LogP contribution in [0.3, 0.4) is 0 Å². The highest BCUT2D eigenvalue weighted by molar-refractivity contribution is 5.99. The van der Waals surface area contributed by atoms with Gasteiger partial charge in [0.1, 0.15) is 5.75 Å². The Balaban J connectivity index is 1.97. The predicted octanol–water partition coefficient (Wildman–Crippen LogP) is 3.11. The van der Waals surface area contributed by atoms with Gasteiger partial charge in [-0.25, -0.2) is 0 Å². The second-order valence-corrected chi connectivity index (χ2v) is 7.67. The Bertz CT molecular complexity index is 916. The number of benzene rings is 2. The lowest BCUT2D eigenvalue weighted by molar-refractivity contribution is 0.0771. The predicted molar refractivity (Wildman–Crippen MR) is 121 cm³/mol. The number of carbonyl (C=O) groups excluding carboxylic acids is 1. The van der Waals surface area contributed by atoms with Crippen LogP contribution in [0.4, 0.5) is 0 Å². The fourth-order valence-corrected chi connectivity index (χ4v) is 3.99. The van der Waals surface area contributed by atoms with Gasteiger partial charge in [0, 0.05) is 32.2 Å². The summed E-state index contributed by atoms with van der Waals surface area (Å²) in [6, 6.07) is 9.29. The van der Waals surface area contributed by atoms with Gasteiger partial charge >= 0.3 is 0 Å². The molecule has 0 aromatic heterocycles. The van der Waals surface area contributed by atoms with Crippen molar-refractivity contribution in [1.82, 2.24) is 4.90 Å². The molecule has 0 radical (unpaired) electrons. The van der Waals surface area contributed by atoms with E-state index in [-0.39, 0.29) is 5.91 Å². The highest BCUT2D eigenvalue weighted by Gasteiger charge is 2.32. The minimum atomic E-state index is -0.149. The van der Waals surface area contributed by atoms with E-state index in [9.17, 15) is 4.79 Å². The van der Waals surface area contributed by atoms with E-state index in [1.165, 1.54) is 21.3 Å². The molecule has 1 amide bonds. The van der Waals surface area contributed by atoms with Crippen molar-refractivity contribution in [3.05, 3.63) is 41.5 Å². The van der Waals surface area contributed by atoms with Gasteiger partial charge in [-0.15, -0.1) is 0 Å². The smallest absolute Gasteiger partial charge is 0.257 e. The number of hydrogen-bond donors (Lipinski definition) is 1.